The molecular weight excluding hydrogens is 290 g/mol. The number of halogens is 1. The highest BCUT2D eigenvalue weighted by molar-refractivity contribution is 6.31. The fourth-order valence-electron chi connectivity index (χ4n) is 3.66. The average molecular weight is 312 g/mol. The van der Waals surface area contributed by atoms with Crippen molar-refractivity contribution in [2.45, 2.75) is 56.6 Å². The molecule has 21 heavy (non-hydrogen) atoms. The Morgan fingerprint density at radius 3 is 2.43 bits per heavy atom. The van der Waals surface area contributed by atoms with E-state index in [1.807, 2.05) is 18.2 Å². The lowest BCUT2D eigenvalue weighted by molar-refractivity contribution is 0.0756. The van der Waals surface area contributed by atoms with E-state index in [9.17, 15) is 15.0 Å². The smallest absolute Gasteiger partial charge is 0.405 e. The molecule has 116 valence electrons. The van der Waals surface area contributed by atoms with Crippen molar-refractivity contribution in [3.63, 3.8) is 0 Å². The number of nitrogens with one attached hydrogen (secondary N) is 1. The summed E-state index contributed by atoms with van der Waals surface area (Å²) in [5, 5.41) is 22.9. The van der Waals surface area contributed by atoms with Crippen molar-refractivity contribution in [2.75, 3.05) is 0 Å². The van der Waals surface area contributed by atoms with Crippen LogP contribution in [0.3, 0.4) is 0 Å². The van der Waals surface area contributed by atoms with Gasteiger partial charge >= 0.3 is 6.09 Å². The second-order valence-electron chi connectivity index (χ2n) is 5.89. The first-order chi connectivity index (χ1) is 9.96. The molecule has 1 aromatic rings. The molecule has 0 radical (unpaired) electrons. The number of aliphatic hydroxyl groups excluding tert-OH is 1. The molecule has 3 N–H and O–H groups in total. The second-order valence-corrected chi connectivity index (χ2v) is 6.29. The SMILES string of the molecule is CC(O)C(c1ccccc1Cl)C1(NC(=O)O)CCCCC1. The second kappa shape index (κ2) is 6.67. The molecule has 1 fully saturated rings. The molecule has 1 aliphatic carbocycles. The van der Waals surface area contributed by atoms with E-state index in [1.54, 1.807) is 13.0 Å². The number of aliphatic hydroxyl groups is 1. The summed E-state index contributed by atoms with van der Waals surface area (Å²) in [4.78, 5) is 11.3. The highest BCUT2D eigenvalue weighted by Crippen LogP contribution is 2.43. The largest absolute Gasteiger partial charge is 0.465 e. The zero-order valence-corrected chi connectivity index (χ0v) is 12.9. The minimum absolute atomic E-state index is 0.345. The monoisotopic (exact) mass is 311 g/mol. The molecular formula is C16H22ClNO3. The molecule has 5 heteroatoms. The van der Waals surface area contributed by atoms with Crippen molar-refractivity contribution in [2.24, 2.45) is 0 Å². The maximum Gasteiger partial charge on any atom is 0.405 e. The molecule has 0 aromatic heterocycles. The molecule has 2 atom stereocenters. The Balaban J connectivity index is 2.46. The molecule has 2 unspecified atom stereocenters. The van der Waals surface area contributed by atoms with Crippen LogP contribution >= 0.6 is 11.6 Å². The molecule has 0 spiro atoms. The number of benzene rings is 1. The molecule has 1 amide bonds. The summed E-state index contributed by atoms with van der Waals surface area (Å²) in [6.45, 7) is 1.70. The molecule has 0 saturated heterocycles. The molecule has 2 rings (SSSR count). The summed E-state index contributed by atoms with van der Waals surface area (Å²) in [6.07, 6.45) is 2.71. The van der Waals surface area contributed by atoms with Crippen LogP contribution in [-0.2, 0) is 0 Å². The molecule has 0 heterocycles. The highest BCUT2D eigenvalue weighted by Gasteiger charge is 2.44. The Bertz CT molecular complexity index is 498. The highest BCUT2D eigenvalue weighted by atomic mass is 35.5. The molecule has 4 nitrogen and oxygen atoms in total. The lowest BCUT2D eigenvalue weighted by Crippen LogP contribution is -2.56. The van der Waals surface area contributed by atoms with E-state index in [2.05, 4.69) is 5.32 Å². The quantitative estimate of drug-likeness (QED) is 0.792. The first-order valence-electron chi connectivity index (χ1n) is 7.40. The van der Waals surface area contributed by atoms with E-state index in [-0.39, 0.29) is 5.92 Å². The predicted molar refractivity (Wildman–Crippen MR) is 82.9 cm³/mol. The van der Waals surface area contributed by atoms with Crippen LogP contribution in [0.15, 0.2) is 24.3 Å². The summed E-state index contributed by atoms with van der Waals surface area (Å²) in [7, 11) is 0. The average Bonchev–Trinajstić information content (AvgIpc) is 2.41. The Labute approximate surface area is 130 Å². The van der Waals surface area contributed by atoms with Crippen molar-refractivity contribution < 1.29 is 15.0 Å². The zero-order chi connectivity index (χ0) is 15.5. The third kappa shape index (κ3) is 3.50. The van der Waals surface area contributed by atoms with Crippen LogP contribution in [0.25, 0.3) is 0 Å². The van der Waals surface area contributed by atoms with Crippen LogP contribution in [-0.4, -0.2) is 27.9 Å². The minimum Gasteiger partial charge on any atom is -0.465 e. The van der Waals surface area contributed by atoms with Crippen LogP contribution in [0.2, 0.25) is 5.02 Å². The lowest BCUT2D eigenvalue weighted by Gasteiger charge is -2.45. The molecule has 1 saturated carbocycles. The van der Waals surface area contributed by atoms with Crippen molar-refractivity contribution in [3.8, 4) is 0 Å². The van der Waals surface area contributed by atoms with E-state index in [4.69, 9.17) is 11.6 Å². The number of carboxylic acid groups (broad SMARTS) is 1. The van der Waals surface area contributed by atoms with Gasteiger partial charge in [-0.15, -0.1) is 0 Å². The maximum atomic E-state index is 11.3. The third-order valence-corrected chi connectivity index (χ3v) is 4.76. The van der Waals surface area contributed by atoms with E-state index >= 15 is 0 Å². The van der Waals surface area contributed by atoms with Crippen LogP contribution in [0, 0.1) is 0 Å². The minimum atomic E-state index is -1.05. The summed E-state index contributed by atoms with van der Waals surface area (Å²) in [5.41, 5.74) is 0.160. The summed E-state index contributed by atoms with van der Waals surface area (Å²) in [5.74, 6) is -0.345. The van der Waals surface area contributed by atoms with Gasteiger partial charge in [-0.25, -0.2) is 4.79 Å². The van der Waals surface area contributed by atoms with Crippen LogP contribution in [0.4, 0.5) is 4.79 Å². The molecule has 0 bridgehead atoms. The van der Waals surface area contributed by atoms with Crippen molar-refractivity contribution in [1.82, 2.24) is 5.32 Å². The predicted octanol–water partition coefficient (Wildman–Crippen LogP) is 3.77. The van der Waals surface area contributed by atoms with Gasteiger partial charge in [-0.1, -0.05) is 49.1 Å². The Morgan fingerprint density at radius 2 is 1.90 bits per heavy atom. The molecule has 0 aliphatic heterocycles. The fraction of sp³-hybridized carbons (Fsp3) is 0.562. The van der Waals surface area contributed by atoms with Crippen molar-refractivity contribution in [3.05, 3.63) is 34.9 Å². The van der Waals surface area contributed by atoms with Gasteiger partial charge in [0.25, 0.3) is 0 Å². The van der Waals surface area contributed by atoms with E-state index in [0.717, 1.165) is 37.7 Å². The molecule has 1 aliphatic rings. The van der Waals surface area contributed by atoms with Gasteiger partial charge in [0.1, 0.15) is 0 Å². The number of hydrogen-bond donors (Lipinski definition) is 3. The van der Waals surface area contributed by atoms with Crippen molar-refractivity contribution in [1.29, 1.82) is 0 Å². The van der Waals surface area contributed by atoms with Crippen LogP contribution < -0.4 is 5.32 Å². The van der Waals surface area contributed by atoms with Crippen molar-refractivity contribution >= 4 is 17.7 Å². The van der Waals surface area contributed by atoms with Gasteiger partial charge in [0.15, 0.2) is 0 Å². The van der Waals surface area contributed by atoms with Gasteiger partial charge in [0.2, 0.25) is 0 Å². The normalized spacial score (nSPS) is 20.5. The van der Waals surface area contributed by atoms with Gasteiger partial charge in [-0.2, -0.15) is 0 Å². The van der Waals surface area contributed by atoms with Crippen LogP contribution in [0.5, 0.6) is 0 Å². The van der Waals surface area contributed by atoms with Gasteiger partial charge in [-0.3, -0.25) is 0 Å². The van der Waals surface area contributed by atoms with E-state index < -0.39 is 17.7 Å². The lowest BCUT2D eigenvalue weighted by atomic mass is 9.68. The van der Waals surface area contributed by atoms with E-state index in [1.165, 1.54) is 0 Å². The Kier molecular flexibility index (Phi) is 5.12. The first-order valence-corrected chi connectivity index (χ1v) is 7.78. The third-order valence-electron chi connectivity index (χ3n) is 4.42. The van der Waals surface area contributed by atoms with Gasteiger partial charge in [-0.05, 0) is 31.4 Å². The summed E-state index contributed by atoms with van der Waals surface area (Å²) < 4.78 is 0. The summed E-state index contributed by atoms with van der Waals surface area (Å²) >= 11 is 6.29. The topological polar surface area (TPSA) is 69.6 Å². The number of carbonyl (C=O) groups is 1. The number of rotatable bonds is 4. The number of hydrogen-bond acceptors (Lipinski definition) is 2. The summed E-state index contributed by atoms with van der Waals surface area (Å²) in [6, 6.07) is 7.36. The van der Waals surface area contributed by atoms with Crippen LogP contribution in [0.1, 0.15) is 50.5 Å². The number of amides is 1. The Morgan fingerprint density at radius 1 is 1.29 bits per heavy atom. The maximum absolute atomic E-state index is 11.3. The van der Waals surface area contributed by atoms with Gasteiger partial charge < -0.3 is 15.5 Å². The Hall–Kier alpha value is -1.26. The fourth-order valence-corrected chi connectivity index (χ4v) is 3.91. The zero-order valence-electron chi connectivity index (χ0n) is 12.2. The van der Waals surface area contributed by atoms with Gasteiger partial charge in [0.05, 0.1) is 11.6 Å². The van der Waals surface area contributed by atoms with E-state index in [0.29, 0.717) is 5.02 Å². The molecule has 1 aromatic carbocycles. The standard InChI is InChI=1S/C16H22ClNO3/c1-11(19)14(12-7-3-4-8-13(12)17)16(18-15(20)21)9-5-2-6-10-16/h3-4,7-8,11,14,18-19H,2,5-6,9-10H2,1H3,(H,20,21). The van der Waals surface area contributed by atoms with Gasteiger partial charge in [0, 0.05) is 10.9 Å². The first kappa shape index (κ1) is 16.1.